The van der Waals surface area contributed by atoms with Crippen molar-refractivity contribution in [2.45, 2.75) is 18.3 Å². The third kappa shape index (κ3) is 2.33. The minimum absolute atomic E-state index is 0.0480. The third-order valence-corrected chi connectivity index (χ3v) is 5.03. The molecule has 0 bridgehead atoms. The van der Waals surface area contributed by atoms with Crippen LogP contribution in [0.4, 0.5) is 8.78 Å². The zero-order valence-corrected chi connectivity index (χ0v) is 13.1. The Hall–Kier alpha value is -2.73. The molecule has 1 aromatic heterocycles. The molecule has 0 amide bonds. The number of nitrogens with one attached hydrogen (secondary N) is 1. The van der Waals surface area contributed by atoms with Crippen LogP contribution in [0.1, 0.15) is 28.8 Å². The van der Waals surface area contributed by atoms with Gasteiger partial charge in [0.25, 0.3) is 0 Å². The Bertz CT molecular complexity index is 988. The van der Waals surface area contributed by atoms with Gasteiger partial charge in [-0.3, -0.25) is 0 Å². The number of aliphatic hydroxyl groups is 1. The van der Waals surface area contributed by atoms with Gasteiger partial charge < -0.3 is 15.2 Å². The number of carboxylic acids is 1. The molecule has 1 fully saturated rings. The molecule has 0 spiro atoms. The molecular formula is C19H15F2NO3. The molecule has 0 radical (unpaired) electrons. The summed E-state index contributed by atoms with van der Waals surface area (Å²) in [6.45, 7) is 0.0480. The number of aromatic nitrogens is 1. The summed E-state index contributed by atoms with van der Waals surface area (Å²) in [5.74, 6) is -2.94. The lowest BCUT2D eigenvalue weighted by atomic mass is 9.93. The zero-order chi connectivity index (χ0) is 17.8. The number of halogens is 2. The number of carbonyl (C=O) groups is 1. The van der Waals surface area contributed by atoms with E-state index in [1.807, 2.05) is 0 Å². The maximum absolute atomic E-state index is 14.9. The number of aliphatic hydroxyl groups excluding tert-OH is 1. The summed E-state index contributed by atoms with van der Waals surface area (Å²) >= 11 is 0. The van der Waals surface area contributed by atoms with Crippen LogP contribution in [0.15, 0.2) is 36.5 Å². The monoisotopic (exact) mass is 343 g/mol. The van der Waals surface area contributed by atoms with Crippen LogP contribution < -0.4 is 0 Å². The predicted octanol–water partition coefficient (Wildman–Crippen LogP) is 3.84. The van der Waals surface area contributed by atoms with E-state index in [1.165, 1.54) is 0 Å². The molecule has 1 aliphatic rings. The quantitative estimate of drug-likeness (QED) is 0.674. The molecule has 6 heteroatoms. The predicted molar refractivity (Wildman–Crippen MR) is 88.6 cm³/mol. The molecule has 25 heavy (non-hydrogen) atoms. The van der Waals surface area contributed by atoms with Crippen molar-refractivity contribution in [2.75, 3.05) is 6.61 Å². The summed E-state index contributed by atoms with van der Waals surface area (Å²) in [6, 6.07) is 7.83. The fourth-order valence-corrected chi connectivity index (χ4v) is 3.33. The Morgan fingerprint density at radius 2 is 1.88 bits per heavy atom. The van der Waals surface area contributed by atoms with Crippen molar-refractivity contribution in [3.05, 3.63) is 59.3 Å². The van der Waals surface area contributed by atoms with Gasteiger partial charge in [-0.1, -0.05) is 24.3 Å². The zero-order valence-electron chi connectivity index (χ0n) is 13.1. The second-order valence-corrected chi connectivity index (χ2v) is 6.49. The van der Waals surface area contributed by atoms with Crippen molar-refractivity contribution >= 4 is 16.9 Å². The SMILES string of the molecule is O=C(O)c1c[nH]c2cc(F)c(-c3ccc(C4(CO)CC4)cc3)c(F)c12. The summed E-state index contributed by atoms with van der Waals surface area (Å²) in [5.41, 5.74) is 0.652. The summed E-state index contributed by atoms with van der Waals surface area (Å²) in [7, 11) is 0. The van der Waals surface area contributed by atoms with Crippen molar-refractivity contribution in [3.8, 4) is 11.1 Å². The van der Waals surface area contributed by atoms with Gasteiger partial charge in [0, 0.05) is 11.6 Å². The van der Waals surface area contributed by atoms with E-state index < -0.39 is 17.6 Å². The summed E-state index contributed by atoms with van der Waals surface area (Å²) in [6.07, 6.45) is 2.94. The van der Waals surface area contributed by atoms with Gasteiger partial charge in [0.15, 0.2) is 0 Å². The lowest BCUT2D eigenvalue weighted by molar-refractivity contribution is 0.0698. The van der Waals surface area contributed by atoms with E-state index >= 15 is 0 Å². The molecular weight excluding hydrogens is 328 g/mol. The highest BCUT2D eigenvalue weighted by molar-refractivity contribution is 6.04. The highest BCUT2D eigenvalue weighted by Gasteiger charge is 2.43. The number of hydrogen-bond acceptors (Lipinski definition) is 2. The number of benzene rings is 2. The first-order valence-corrected chi connectivity index (χ1v) is 7.91. The Balaban J connectivity index is 1.86. The molecule has 3 N–H and O–H groups in total. The van der Waals surface area contributed by atoms with Crippen LogP contribution in [0.3, 0.4) is 0 Å². The van der Waals surface area contributed by atoms with Crippen LogP contribution >= 0.6 is 0 Å². The standard InChI is InChI=1S/C19H15F2NO3/c20-13-7-14-16(12(8-22-14)18(24)25)17(21)15(13)10-1-3-11(4-2-10)19(9-23)5-6-19/h1-4,7-8,22-23H,5-6,9H2,(H,24,25). The van der Waals surface area contributed by atoms with E-state index in [0.29, 0.717) is 5.56 Å². The van der Waals surface area contributed by atoms with E-state index in [-0.39, 0.29) is 34.1 Å². The van der Waals surface area contributed by atoms with Crippen LogP contribution in [-0.4, -0.2) is 27.8 Å². The van der Waals surface area contributed by atoms with Gasteiger partial charge in [0.1, 0.15) is 11.6 Å². The van der Waals surface area contributed by atoms with Crippen LogP contribution in [0, 0.1) is 11.6 Å². The van der Waals surface area contributed by atoms with Gasteiger partial charge in [0.2, 0.25) is 0 Å². The van der Waals surface area contributed by atoms with Crippen molar-refractivity contribution < 1.29 is 23.8 Å². The Morgan fingerprint density at radius 3 is 2.44 bits per heavy atom. The van der Waals surface area contributed by atoms with E-state index in [4.69, 9.17) is 0 Å². The Labute approximate surface area is 141 Å². The molecule has 0 aliphatic heterocycles. The lowest BCUT2D eigenvalue weighted by Crippen LogP contribution is -2.11. The second-order valence-electron chi connectivity index (χ2n) is 6.49. The third-order valence-electron chi connectivity index (χ3n) is 5.03. The molecule has 128 valence electrons. The molecule has 1 saturated carbocycles. The van der Waals surface area contributed by atoms with Crippen molar-refractivity contribution in [1.29, 1.82) is 0 Å². The van der Waals surface area contributed by atoms with Gasteiger partial charge in [-0.25, -0.2) is 13.6 Å². The molecule has 0 unspecified atom stereocenters. The fraction of sp³-hybridized carbons (Fsp3) is 0.211. The molecule has 2 aromatic carbocycles. The number of hydrogen-bond donors (Lipinski definition) is 3. The van der Waals surface area contributed by atoms with Crippen LogP contribution in [-0.2, 0) is 5.41 Å². The molecule has 0 atom stereocenters. The normalized spacial score (nSPS) is 15.5. The Kier molecular flexibility index (Phi) is 3.40. The Morgan fingerprint density at radius 1 is 1.20 bits per heavy atom. The van der Waals surface area contributed by atoms with Gasteiger partial charge in [-0.15, -0.1) is 0 Å². The van der Waals surface area contributed by atoms with Gasteiger partial charge in [-0.05, 0) is 30.0 Å². The maximum atomic E-state index is 14.9. The molecule has 4 nitrogen and oxygen atoms in total. The summed E-state index contributed by atoms with van der Waals surface area (Å²) < 4.78 is 29.4. The van der Waals surface area contributed by atoms with E-state index in [0.717, 1.165) is 30.7 Å². The summed E-state index contributed by atoms with van der Waals surface area (Å²) in [4.78, 5) is 13.8. The van der Waals surface area contributed by atoms with E-state index in [9.17, 15) is 23.8 Å². The minimum atomic E-state index is -1.28. The molecule has 1 aliphatic carbocycles. The van der Waals surface area contributed by atoms with E-state index in [2.05, 4.69) is 4.98 Å². The smallest absolute Gasteiger partial charge is 0.337 e. The first-order valence-electron chi connectivity index (χ1n) is 7.91. The van der Waals surface area contributed by atoms with Gasteiger partial charge in [-0.2, -0.15) is 0 Å². The van der Waals surface area contributed by atoms with Crippen molar-refractivity contribution in [3.63, 3.8) is 0 Å². The van der Waals surface area contributed by atoms with Gasteiger partial charge in [0.05, 0.1) is 28.6 Å². The fourth-order valence-electron chi connectivity index (χ4n) is 3.33. The van der Waals surface area contributed by atoms with Gasteiger partial charge >= 0.3 is 5.97 Å². The number of carboxylic acid groups (broad SMARTS) is 1. The maximum Gasteiger partial charge on any atom is 0.337 e. The summed E-state index contributed by atoms with van der Waals surface area (Å²) in [5, 5.41) is 18.5. The second kappa shape index (κ2) is 5.39. The largest absolute Gasteiger partial charge is 0.478 e. The van der Waals surface area contributed by atoms with E-state index in [1.54, 1.807) is 24.3 Å². The number of aromatic amines is 1. The number of fused-ring (bicyclic) bond motifs is 1. The van der Waals surface area contributed by atoms with Crippen molar-refractivity contribution in [1.82, 2.24) is 4.98 Å². The van der Waals surface area contributed by atoms with Crippen molar-refractivity contribution in [2.24, 2.45) is 0 Å². The van der Waals surface area contributed by atoms with Crippen LogP contribution in [0.5, 0.6) is 0 Å². The molecule has 4 rings (SSSR count). The average Bonchev–Trinajstić information content (AvgIpc) is 3.28. The van der Waals surface area contributed by atoms with Crippen LogP contribution in [0.25, 0.3) is 22.0 Å². The highest BCUT2D eigenvalue weighted by atomic mass is 19.1. The minimum Gasteiger partial charge on any atom is -0.478 e. The number of H-pyrrole nitrogens is 1. The number of rotatable bonds is 4. The molecule has 1 heterocycles. The van der Waals surface area contributed by atoms with Crippen LogP contribution in [0.2, 0.25) is 0 Å². The topological polar surface area (TPSA) is 73.3 Å². The number of aromatic carboxylic acids is 1. The molecule has 0 saturated heterocycles. The average molecular weight is 343 g/mol. The first kappa shape index (κ1) is 15.8. The first-order chi connectivity index (χ1) is 12.0. The highest BCUT2D eigenvalue weighted by Crippen LogP contribution is 2.48. The molecule has 3 aromatic rings. The lowest BCUT2D eigenvalue weighted by Gasteiger charge is -2.13.